The zero-order valence-electron chi connectivity index (χ0n) is 7.96. The molecule has 4 nitrogen and oxygen atoms in total. The second-order valence-corrected chi connectivity index (χ2v) is 3.38. The summed E-state index contributed by atoms with van der Waals surface area (Å²) in [5.41, 5.74) is 0. The quantitative estimate of drug-likeness (QED) is 0.733. The lowest BCUT2D eigenvalue weighted by Gasteiger charge is -2.33. The van der Waals surface area contributed by atoms with Crippen LogP contribution in [0.4, 0.5) is 13.2 Å². The van der Waals surface area contributed by atoms with Crippen LogP contribution in [0, 0.1) is 0 Å². The molecule has 0 radical (unpaired) electrons. The number of nitrogens with zero attached hydrogens (tertiary/aromatic N) is 1. The molecule has 1 aliphatic rings. The molecule has 15 heavy (non-hydrogen) atoms. The standard InChI is InChI=1S/C8H12F3NO3/c9-8(10,11)12-3-1-2-6(4-12)15-5-7(13)14/h6H,1-5H2,(H,13,14)/t6-/m0/s1. The van der Waals surface area contributed by atoms with Gasteiger partial charge in [0.05, 0.1) is 6.10 Å². The number of carboxylic acids is 1. The van der Waals surface area contributed by atoms with Crippen molar-refractivity contribution in [3.8, 4) is 0 Å². The maximum absolute atomic E-state index is 12.3. The Bertz CT molecular complexity index is 232. The first-order valence-electron chi connectivity index (χ1n) is 4.55. The fourth-order valence-electron chi connectivity index (χ4n) is 1.49. The average molecular weight is 227 g/mol. The van der Waals surface area contributed by atoms with E-state index in [9.17, 15) is 18.0 Å². The molecule has 0 amide bonds. The maximum Gasteiger partial charge on any atom is 0.460 e. The van der Waals surface area contributed by atoms with Crippen molar-refractivity contribution in [3.63, 3.8) is 0 Å². The van der Waals surface area contributed by atoms with Crippen LogP contribution in [0.25, 0.3) is 0 Å². The molecular weight excluding hydrogens is 215 g/mol. The summed E-state index contributed by atoms with van der Waals surface area (Å²) in [4.78, 5) is 10.5. The fourth-order valence-corrected chi connectivity index (χ4v) is 1.49. The van der Waals surface area contributed by atoms with E-state index in [1.165, 1.54) is 0 Å². The van der Waals surface area contributed by atoms with Gasteiger partial charge in [-0.3, -0.25) is 0 Å². The van der Waals surface area contributed by atoms with Crippen LogP contribution in [-0.2, 0) is 9.53 Å². The van der Waals surface area contributed by atoms with E-state index < -0.39 is 25.0 Å². The van der Waals surface area contributed by atoms with Gasteiger partial charge in [0.1, 0.15) is 6.61 Å². The zero-order chi connectivity index (χ0) is 11.5. The van der Waals surface area contributed by atoms with Crippen LogP contribution in [0.15, 0.2) is 0 Å². The molecule has 1 N–H and O–H groups in total. The highest BCUT2D eigenvalue weighted by Gasteiger charge is 2.40. The van der Waals surface area contributed by atoms with Crippen molar-refractivity contribution < 1.29 is 27.8 Å². The molecule has 0 aromatic carbocycles. The third-order valence-corrected chi connectivity index (χ3v) is 2.18. The molecule has 0 unspecified atom stereocenters. The molecule has 0 aromatic rings. The van der Waals surface area contributed by atoms with Crippen LogP contribution in [-0.4, -0.2) is 48.1 Å². The monoisotopic (exact) mass is 227 g/mol. The lowest BCUT2D eigenvalue weighted by molar-refractivity contribution is -0.258. The third-order valence-electron chi connectivity index (χ3n) is 2.18. The summed E-state index contributed by atoms with van der Waals surface area (Å²) in [5, 5.41) is 8.31. The number of rotatable bonds is 3. The minimum atomic E-state index is -4.36. The molecule has 0 bridgehead atoms. The number of carbonyl (C=O) groups is 1. The highest BCUT2D eigenvalue weighted by Crippen LogP contribution is 2.26. The number of halogens is 3. The van der Waals surface area contributed by atoms with Crippen LogP contribution in [0.1, 0.15) is 12.8 Å². The molecule has 0 spiro atoms. The normalized spacial score (nSPS) is 24.1. The minimum absolute atomic E-state index is 0.0452. The van der Waals surface area contributed by atoms with Gasteiger partial charge in [0.15, 0.2) is 0 Å². The zero-order valence-corrected chi connectivity index (χ0v) is 7.96. The summed E-state index contributed by atoms with van der Waals surface area (Å²) in [6, 6.07) is 0. The Morgan fingerprint density at radius 1 is 1.53 bits per heavy atom. The van der Waals surface area contributed by atoms with Crippen molar-refractivity contribution >= 4 is 5.97 Å². The molecule has 1 heterocycles. The molecule has 1 saturated heterocycles. The summed E-state index contributed by atoms with van der Waals surface area (Å²) >= 11 is 0. The van der Waals surface area contributed by atoms with Crippen LogP contribution < -0.4 is 0 Å². The van der Waals surface area contributed by atoms with E-state index in [1.54, 1.807) is 0 Å². The Kier molecular flexibility index (Phi) is 3.92. The Morgan fingerprint density at radius 3 is 2.73 bits per heavy atom. The lowest BCUT2D eigenvalue weighted by atomic mass is 10.1. The van der Waals surface area contributed by atoms with Crippen LogP contribution >= 0.6 is 0 Å². The highest BCUT2D eigenvalue weighted by atomic mass is 19.4. The number of carboxylic acid groups (broad SMARTS) is 1. The minimum Gasteiger partial charge on any atom is -0.480 e. The van der Waals surface area contributed by atoms with E-state index >= 15 is 0 Å². The molecule has 0 aromatic heterocycles. The molecule has 0 aliphatic carbocycles. The number of aliphatic carboxylic acids is 1. The van der Waals surface area contributed by atoms with Gasteiger partial charge in [0, 0.05) is 13.1 Å². The van der Waals surface area contributed by atoms with E-state index in [2.05, 4.69) is 0 Å². The number of alkyl halides is 3. The van der Waals surface area contributed by atoms with E-state index in [0.29, 0.717) is 17.7 Å². The molecule has 7 heteroatoms. The van der Waals surface area contributed by atoms with Crippen LogP contribution in [0.3, 0.4) is 0 Å². The predicted molar refractivity (Wildman–Crippen MR) is 44.2 cm³/mol. The highest BCUT2D eigenvalue weighted by molar-refractivity contribution is 5.68. The third kappa shape index (κ3) is 4.05. The summed E-state index contributed by atoms with van der Waals surface area (Å²) in [5.74, 6) is -1.17. The molecule has 1 rings (SSSR count). The maximum atomic E-state index is 12.3. The Hall–Kier alpha value is -0.820. The summed E-state index contributed by atoms with van der Waals surface area (Å²) in [7, 11) is 0. The topological polar surface area (TPSA) is 49.8 Å². The van der Waals surface area contributed by atoms with Crippen molar-refractivity contribution in [3.05, 3.63) is 0 Å². The Morgan fingerprint density at radius 2 is 2.20 bits per heavy atom. The van der Waals surface area contributed by atoms with E-state index in [0.717, 1.165) is 0 Å². The number of likely N-dealkylation sites (tertiary alicyclic amines) is 1. The number of ether oxygens (including phenoxy) is 1. The number of hydrogen-bond donors (Lipinski definition) is 1. The smallest absolute Gasteiger partial charge is 0.460 e. The average Bonchev–Trinajstić information content (AvgIpc) is 2.14. The fraction of sp³-hybridized carbons (Fsp3) is 0.875. The van der Waals surface area contributed by atoms with Gasteiger partial charge >= 0.3 is 12.3 Å². The van der Waals surface area contributed by atoms with Gasteiger partial charge in [-0.05, 0) is 12.8 Å². The van der Waals surface area contributed by atoms with Gasteiger partial charge in [-0.15, -0.1) is 0 Å². The van der Waals surface area contributed by atoms with Gasteiger partial charge < -0.3 is 9.84 Å². The molecule has 1 fully saturated rings. The molecule has 88 valence electrons. The second kappa shape index (κ2) is 4.80. The van der Waals surface area contributed by atoms with Crippen molar-refractivity contribution in [1.82, 2.24) is 4.90 Å². The van der Waals surface area contributed by atoms with Gasteiger partial charge in [0.25, 0.3) is 0 Å². The number of hydrogen-bond acceptors (Lipinski definition) is 3. The summed E-state index contributed by atoms with van der Waals surface area (Å²) in [6.07, 6.45) is -4.16. The van der Waals surface area contributed by atoms with Gasteiger partial charge in [-0.2, -0.15) is 13.2 Å². The van der Waals surface area contributed by atoms with E-state index in [4.69, 9.17) is 9.84 Å². The molecule has 1 aliphatic heterocycles. The van der Waals surface area contributed by atoms with Crippen LogP contribution in [0.5, 0.6) is 0 Å². The number of piperidine rings is 1. The first-order valence-corrected chi connectivity index (χ1v) is 4.55. The first kappa shape index (κ1) is 12.3. The van der Waals surface area contributed by atoms with E-state index in [-0.39, 0.29) is 13.1 Å². The van der Waals surface area contributed by atoms with Crippen LogP contribution in [0.2, 0.25) is 0 Å². The van der Waals surface area contributed by atoms with Gasteiger partial charge in [-0.1, -0.05) is 0 Å². The van der Waals surface area contributed by atoms with E-state index in [1.807, 2.05) is 0 Å². The second-order valence-electron chi connectivity index (χ2n) is 3.38. The van der Waals surface area contributed by atoms with Gasteiger partial charge in [-0.25, -0.2) is 9.69 Å². The molecule has 1 atom stereocenters. The van der Waals surface area contributed by atoms with Crippen molar-refractivity contribution in [2.24, 2.45) is 0 Å². The largest absolute Gasteiger partial charge is 0.480 e. The van der Waals surface area contributed by atoms with Crippen molar-refractivity contribution in [1.29, 1.82) is 0 Å². The lowest BCUT2D eigenvalue weighted by Crippen LogP contribution is -2.47. The van der Waals surface area contributed by atoms with Crippen molar-refractivity contribution in [2.75, 3.05) is 19.7 Å². The predicted octanol–water partition coefficient (Wildman–Crippen LogP) is 1.07. The Balaban J connectivity index is 2.39. The molecular formula is C8H12F3NO3. The van der Waals surface area contributed by atoms with Gasteiger partial charge in [0.2, 0.25) is 0 Å². The Labute approximate surface area is 84.6 Å². The van der Waals surface area contributed by atoms with Crippen molar-refractivity contribution in [2.45, 2.75) is 25.2 Å². The summed E-state index contributed by atoms with van der Waals surface area (Å²) < 4.78 is 41.6. The molecule has 0 saturated carbocycles. The summed E-state index contributed by atoms with van der Waals surface area (Å²) in [6.45, 7) is -0.871. The first-order chi connectivity index (χ1) is 6.89. The SMILES string of the molecule is O=C(O)CO[C@H]1CCCN(C(F)(F)F)C1.